The largest absolute Gasteiger partial charge is 0.395 e. The van der Waals surface area contributed by atoms with Gasteiger partial charge in [-0.3, -0.25) is 0 Å². The summed E-state index contributed by atoms with van der Waals surface area (Å²) in [6.07, 6.45) is 3.64. The zero-order chi connectivity index (χ0) is 13.2. The van der Waals surface area contributed by atoms with Crippen LogP contribution in [0.25, 0.3) is 10.2 Å². The van der Waals surface area contributed by atoms with E-state index in [2.05, 4.69) is 26.3 Å². The quantitative estimate of drug-likeness (QED) is 0.877. The van der Waals surface area contributed by atoms with Crippen molar-refractivity contribution in [3.63, 3.8) is 0 Å². The van der Waals surface area contributed by atoms with E-state index in [4.69, 9.17) is 0 Å². The summed E-state index contributed by atoms with van der Waals surface area (Å²) in [5.41, 5.74) is 0. The van der Waals surface area contributed by atoms with Gasteiger partial charge in [0.05, 0.1) is 12.0 Å². The third kappa shape index (κ3) is 2.26. The standard InChI is InChI=1S/C13H18N4OS/c1-14-13-15-11(10-5-8-19-12(10)16-13)17(6-7-18)9-3-2-4-9/h5,8-9,18H,2-4,6-7H2,1H3,(H,14,15,16). The third-order valence-corrected chi connectivity index (χ3v) is 4.46. The van der Waals surface area contributed by atoms with Crippen molar-refractivity contribution in [2.75, 3.05) is 30.4 Å². The van der Waals surface area contributed by atoms with Crippen LogP contribution in [0.15, 0.2) is 11.4 Å². The van der Waals surface area contributed by atoms with Crippen LogP contribution in [-0.4, -0.2) is 41.3 Å². The first-order valence-corrected chi connectivity index (χ1v) is 7.52. The molecule has 1 aliphatic rings. The van der Waals surface area contributed by atoms with Gasteiger partial charge in [-0.2, -0.15) is 4.98 Å². The second kappa shape index (κ2) is 5.30. The van der Waals surface area contributed by atoms with E-state index >= 15 is 0 Å². The molecule has 0 radical (unpaired) electrons. The Hall–Kier alpha value is -1.40. The van der Waals surface area contributed by atoms with Crippen molar-refractivity contribution in [1.29, 1.82) is 0 Å². The van der Waals surface area contributed by atoms with Gasteiger partial charge in [-0.1, -0.05) is 0 Å². The Morgan fingerprint density at radius 3 is 2.95 bits per heavy atom. The Kier molecular flexibility index (Phi) is 3.52. The lowest BCUT2D eigenvalue weighted by Gasteiger charge is -2.38. The maximum Gasteiger partial charge on any atom is 0.225 e. The normalized spacial score (nSPS) is 15.5. The number of aliphatic hydroxyl groups excluding tert-OH is 1. The van der Waals surface area contributed by atoms with E-state index < -0.39 is 0 Å². The molecule has 1 saturated carbocycles. The Labute approximate surface area is 116 Å². The average molecular weight is 278 g/mol. The monoisotopic (exact) mass is 278 g/mol. The van der Waals surface area contributed by atoms with Gasteiger partial charge in [-0.15, -0.1) is 11.3 Å². The lowest BCUT2D eigenvalue weighted by Crippen LogP contribution is -2.42. The minimum absolute atomic E-state index is 0.154. The summed E-state index contributed by atoms with van der Waals surface area (Å²) < 4.78 is 0. The van der Waals surface area contributed by atoms with E-state index in [0.29, 0.717) is 18.5 Å². The minimum atomic E-state index is 0.154. The fraction of sp³-hybridized carbons (Fsp3) is 0.538. The van der Waals surface area contributed by atoms with Gasteiger partial charge in [0.25, 0.3) is 0 Å². The van der Waals surface area contributed by atoms with Crippen LogP contribution in [0.2, 0.25) is 0 Å². The van der Waals surface area contributed by atoms with Gasteiger partial charge in [0.1, 0.15) is 10.6 Å². The summed E-state index contributed by atoms with van der Waals surface area (Å²) in [6.45, 7) is 0.788. The number of hydrogen-bond donors (Lipinski definition) is 2. The lowest BCUT2D eigenvalue weighted by molar-refractivity contribution is 0.283. The molecule has 1 fully saturated rings. The van der Waals surface area contributed by atoms with Crippen molar-refractivity contribution in [2.45, 2.75) is 25.3 Å². The van der Waals surface area contributed by atoms with E-state index in [1.54, 1.807) is 11.3 Å². The predicted octanol–water partition coefficient (Wildman–Crippen LogP) is 2.08. The molecule has 0 unspecified atom stereocenters. The van der Waals surface area contributed by atoms with Gasteiger partial charge in [0, 0.05) is 19.6 Å². The first-order valence-electron chi connectivity index (χ1n) is 6.64. The number of nitrogens with zero attached hydrogens (tertiary/aromatic N) is 3. The maximum absolute atomic E-state index is 9.32. The van der Waals surface area contributed by atoms with Crippen molar-refractivity contribution < 1.29 is 5.11 Å². The highest BCUT2D eigenvalue weighted by molar-refractivity contribution is 7.16. The highest BCUT2D eigenvalue weighted by Gasteiger charge is 2.27. The molecule has 2 N–H and O–H groups in total. The molecule has 2 heterocycles. The third-order valence-electron chi connectivity index (χ3n) is 3.66. The van der Waals surface area contributed by atoms with Gasteiger partial charge < -0.3 is 15.3 Å². The maximum atomic E-state index is 9.32. The molecule has 0 saturated heterocycles. The van der Waals surface area contributed by atoms with Crippen molar-refractivity contribution in [2.24, 2.45) is 0 Å². The Bertz CT molecular complexity index is 567. The highest BCUT2D eigenvalue weighted by atomic mass is 32.1. The number of nitrogens with one attached hydrogen (secondary N) is 1. The Morgan fingerprint density at radius 1 is 1.47 bits per heavy atom. The van der Waals surface area contributed by atoms with Gasteiger partial charge in [-0.25, -0.2) is 4.98 Å². The van der Waals surface area contributed by atoms with Crippen LogP contribution in [0.4, 0.5) is 11.8 Å². The van der Waals surface area contributed by atoms with E-state index in [1.165, 1.54) is 19.3 Å². The zero-order valence-corrected chi connectivity index (χ0v) is 11.8. The molecule has 0 amide bonds. The molecule has 19 heavy (non-hydrogen) atoms. The molecule has 2 aromatic heterocycles. The number of rotatable bonds is 5. The molecule has 2 aromatic rings. The molecule has 1 aliphatic carbocycles. The van der Waals surface area contributed by atoms with E-state index in [-0.39, 0.29) is 6.61 Å². The fourth-order valence-electron chi connectivity index (χ4n) is 2.44. The SMILES string of the molecule is CNc1nc(N(CCO)C2CCC2)c2ccsc2n1. The van der Waals surface area contributed by atoms with Crippen LogP contribution < -0.4 is 10.2 Å². The summed E-state index contributed by atoms with van der Waals surface area (Å²) >= 11 is 1.62. The minimum Gasteiger partial charge on any atom is -0.395 e. The smallest absolute Gasteiger partial charge is 0.225 e. The number of aromatic nitrogens is 2. The molecule has 0 spiro atoms. The van der Waals surface area contributed by atoms with Gasteiger partial charge >= 0.3 is 0 Å². The molecule has 0 aliphatic heterocycles. The van der Waals surface area contributed by atoms with E-state index in [0.717, 1.165) is 16.0 Å². The van der Waals surface area contributed by atoms with Crippen LogP contribution in [0.3, 0.4) is 0 Å². The topological polar surface area (TPSA) is 61.3 Å². The average Bonchev–Trinajstić information content (AvgIpc) is 2.83. The van der Waals surface area contributed by atoms with Crippen LogP contribution in [0, 0.1) is 0 Å². The summed E-state index contributed by atoms with van der Waals surface area (Å²) in [5, 5.41) is 15.5. The summed E-state index contributed by atoms with van der Waals surface area (Å²) in [6, 6.07) is 2.58. The highest BCUT2D eigenvalue weighted by Crippen LogP contribution is 2.34. The molecule has 102 valence electrons. The number of thiophene rings is 1. The molecule has 3 rings (SSSR count). The zero-order valence-electron chi connectivity index (χ0n) is 11.0. The number of anilines is 2. The van der Waals surface area contributed by atoms with Crippen LogP contribution in [0.1, 0.15) is 19.3 Å². The molecular formula is C13H18N4OS. The first-order chi connectivity index (χ1) is 9.33. The van der Waals surface area contributed by atoms with Crippen molar-refractivity contribution in [3.8, 4) is 0 Å². The predicted molar refractivity (Wildman–Crippen MR) is 79.0 cm³/mol. The Morgan fingerprint density at radius 2 is 2.32 bits per heavy atom. The van der Waals surface area contributed by atoms with Crippen LogP contribution >= 0.6 is 11.3 Å². The lowest BCUT2D eigenvalue weighted by atomic mass is 9.91. The number of aliphatic hydroxyl groups is 1. The molecule has 5 nitrogen and oxygen atoms in total. The van der Waals surface area contributed by atoms with Crippen molar-refractivity contribution in [3.05, 3.63) is 11.4 Å². The number of hydrogen-bond acceptors (Lipinski definition) is 6. The van der Waals surface area contributed by atoms with Crippen LogP contribution in [-0.2, 0) is 0 Å². The second-order valence-corrected chi connectivity index (χ2v) is 5.66. The summed E-state index contributed by atoms with van der Waals surface area (Å²) in [5.74, 6) is 1.60. The van der Waals surface area contributed by atoms with E-state index in [9.17, 15) is 5.11 Å². The van der Waals surface area contributed by atoms with E-state index in [1.807, 2.05) is 12.4 Å². The van der Waals surface area contributed by atoms with Crippen LogP contribution in [0.5, 0.6) is 0 Å². The number of fused-ring (bicyclic) bond motifs is 1. The molecular weight excluding hydrogens is 260 g/mol. The van der Waals surface area contributed by atoms with Gasteiger partial charge in [0.2, 0.25) is 5.95 Å². The molecule has 6 heteroatoms. The summed E-state index contributed by atoms with van der Waals surface area (Å²) in [7, 11) is 1.83. The molecule has 0 aromatic carbocycles. The molecule has 0 atom stereocenters. The first kappa shape index (κ1) is 12.6. The fourth-order valence-corrected chi connectivity index (χ4v) is 3.20. The second-order valence-electron chi connectivity index (χ2n) is 4.76. The van der Waals surface area contributed by atoms with Crippen molar-refractivity contribution in [1.82, 2.24) is 9.97 Å². The molecule has 0 bridgehead atoms. The van der Waals surface area contributed by atoms with Gasteiger partial charge in [0.15, 0.2) is 0 Å². The Balaban J connectivity index is 2.06. The van der Waals surface area contributed by atoms with Crippen molar-refractivity contribution >= 4 is 33.3 Å². The summed E-state index contributed by atoms with van der Waals surface area (Å²) in [4.78, 5) is 12.3. The van der Waals surface area contributed by atoms with Gasteiger partial charge in [-0.05, 0) is 30.7 Å².